The molecule has 0 aliphatic heterocycles. The average molecular weight is 538 g/mol. The number of rotatable bonds is 8. The number of carboxylic acid groups (broad SMARTS) is 1. The predicted octanol–water partition coefficient (Wildman–Crippen LogP) is 5.82. The highest BCUT2D eigenvalue weighted by molar-refractivity contribution is 5.96. The zero-order valence-corrected chi connectivity index (χ0v) is 20.8. The van der Waals surface area contributed by atoms with Crippen molar-refractivity contribution in [2.45, 2.75) is 25.6 Å². The minimum absolute atomic E-state index is 0.131. The van der Waals surface area contributed by atoms with Gasteiger partial charge in [0.05, 0.1) is 0 Å². The van der Waals surface area contributed by atoms with E-state index in [1.165, 1.54) is 0 Å². The molecular weight excluding hydrogens is 511 g/mol. The smallest absolute Gasteiger partial charge is 0.475 e. The molecule has 202 valence electrons. The van der Waals surface area contributed by atoms with Crippen LogP contribution in [0.25, 0.3) is 0 Å². The molecule has 1 aromatic heterocycles. The molecule has 0 spiro atoms. The van der Waals surface area contributed by atoms with Gasteiger partial charge in [-0.1, -0.05) is 66.7 Å². The first kappa shape index (κ1) is 28.6. The van der Waals surface area contributed by atoms with Gasteiger partial charge in [0.25, 0.3) is 0 Å². The number of amides is 1. The highest BCUT2D eigenvalue weighted by Gasteiger charge is 2.38. The molecule has 4 rings (SSSR count). The zero-order chi connectivity index (χ0) is 28.3. The number of carboxylic acids is 1. The van der Waals surface area contributed by atoms with E-state index < -0.39 is 18.2 Å². The zero-order valence-electron chi connectivity index (χ0n) is 20.8. The molecule has 1 heterocycles. The highest BCUT2D eigenvalue weighted by Crippen LogP contribution is 2.18. The van der Waals surface area contributed by atoms with Crippen LogP contribution in [-0.2, 0) is 16.0 Å². The fourth-order valence-corrected chi connectivity index (χ4v) is 3.34. The quantitative estimate of drug-likeness (QED) is 0.224. The molecule has 0 radical (unpaired) electrons. The van der Waals surface area contributed by atoms with Crippen LogP contribution in [0.5, 0.6) is 0 Å². The average Bonchev–Trinajstić information content (AvgIpc) is 2.89. The van der Waals surface area contributed by atoms with Gasteiger partial charge in [-0.05, 0) is 36.8 Å². The first-order valence-electron chi connectivity index (χ1n) is 11.7. The first-order valence-corrected chi connectivity index (χ1v) is 11.7. The number of benzene rings is 3. The molecule has 11 heteroatoms. The van der Waals surface area contributed by atoms with Crippen LogP contribution in [0.15, 0.2) is 97.1 Å². The summed E-state index contributed by atoms with van der Waals surface area (Å²) in [6.45, 7) is 1.90. The first-order chi connectivity index (χ1) is 18.6. The molecule has 4 aromatic rings. The maximum Gasteiger partial charge on any atom is 0.490 e. The van der Waals surface area contributed by atoms with Crippen molar-refractivity contribution in [3.05, 3.63) is 108 Å². The van der Waals surface area contributed by atoms with Crippen LogP contribution in [0.2, 0.25) is 0 Å². The molecule has 0 saturated carbocycles. The van der Waals surface area contributed by atoms with Gasteiger partial charge in [0, 0.05) is 29.6 Å². The molecule has 1 amide bonds. The molecule has 0 aliphatic carbocycles. The van der Waals surface area contributed by atoms with Crippen molar-refractivity contribution < 1.29 is 27.9 Å². The van der Waals surface area contributed by atoms with Crippen molar-refractivity contribution >= 4 is 35.0 Å². The molecule has 0 fully saturated rings. The summed E-state index contributed by atoms with van der Waals surface area (Å²) in [6.07, 6.45) is -4.57. The molecule has 0 saturated heterocycles. The van der Waals surface area contributed by atoms with Gasteiger partial charge >= 0.3 is 12.1 Å². The Balaban J connectivity index is 0.000000532. The van der Waals surface area contributed by atoms with Crippen LogP contribution in [0.3, 0.4) is 0 Å². The van der Waals surface area contributed by atoms with Gasteiger partial charge in [0.15, 0.2) is 0 Å². The van der Waals surface area contributed by atoms with Gasteiger partial charge in [-0.3, -0.25) is 4.79 Å². The predicted molar refractivity (Wildman–Crippen MR) is 143 cm³/mol. The largest absolute Gasteiger partial charge is 0.490 e. The molecular formula is C28H26F3N5O3. The number of aliphatic carboxylic acids is 1. The molecule has 0 bridgehead atoms. The van der Waals surface area contributed by atoms with Crippen molar-refractivity contribution in [3.8, 4) is 0 Å². The summed E-state index contributed by atoms with van der Waals surface area (Å²) in [4.78, 5) is 31.1. The summed E-state index contributed by atoms with van der Waals surface area (Å²) in [5.41, 5.74) is 3.50. The molecule has 3 aromatic carbocycles. The molecule has 4 N–H and O–H groups in total. The molecule has 39 heavy (non-hydrogen) atoms. The summed E-state index contributed by atoms with van der Waals surface area (Å²) in [6, 6.07) is 30.4. The summed E-state index contributed by atoms with van der Waals surface area (Å²) >= 11 is 0. The number of anilines is 4. The Kier molecular flexibility index (Phi) is 9.96. The number of aromatic nitrogens is 2. The van der Waals surface area contributed by atoms with Crippen LogP contribution in [0.1, 0.15) is 11.3 Å². The summed E-state index contributed by atoms with van der Waals surface area (Å²) in [5.74, 6) is -1.83. The van der Waals surface area contributed by atoms with Gasteiger partial charge < -0.3 is 21.1 Å². The number of nitrogens with one attached hydrogen (secondary N) is 3. The number of carbonyl (C=O) groups is 2. The van der Waals surface area contributed by atoms with Gasteiger partial charge in [-0.25, -0.2) is 9.78 Å². The van der Waals surface area contributed by atoms with Gasteiger partial charge in [-0.15, -0.1) is 0 Å². The van der Waals surface area contributed by atoms with E-state index >= 15 is 0 Å². The Morgan fingerprint density at radius 3 is 1.90 bits per heavy atom. The second kappa shape index (κ2) is 13.6. The Labute approximate surface area is 223 Å². The second-order valence-electron chi connectivity index (χ2n) is 8.25. The van der Waals surface area contributed by atoms with Gasteiger partial charge in [0.1, 0.15) is 11.9 Å². The maximum atomic E-state index is 13.1. The van der Waals surface area contributed by atoms with E-state index in [2.05, 4.69) is 25.9 Å². The van der Waals surface area contributed by atoms with Crippen LogP contribution < -0.4 is 16.0 Å². The lowest BCUT2D eigenvalue weighted by Gasteiger charge is -2.20. The van der Waals surface area contributed by atoms with Crippen molar-refractivity contribution in [1.82, 2.24) is 9.97 Å². The number of halogens is 3. The number of para-hydroxylation sites is 2. The molecule has 8 nitrogen and oxygen atoms in total. The number of hydrogen-bond donors (Lipinski definition) is 4. The lowest BCUT2D eigenvalue weighted by atomic mass is 10.0. The number of carbonyl (C=O) groups excluding carboxylic acids is 1. The molecule has 0 aliphatic rings. The number of nitrogens with zero attached hydrogens (tertiary/aromatic N) is 2. The normalized spacial score (nSPS) is 11.4. The second-order valence-corrected chi connectivity index (χ2v) is 8.25. The molecule has 1 atom stereocenters. The van der Waals surface area contributed by atoms with E-state index in [0.29, 0.717) is 18.2 Å². The van der Waals surface area contributed by atoms with Crippen molar-refractivity contribution in [1.29, 1.82) is 0 Å². The maximum absolute atomic E-state index is 13.1. The third kappa shape index (κ3) is 9.80. The van der Waals surface area contributed by atoms with E-state index in [0.717, 1.165) is 22.6 Å². The lowest BCUT2D eigenvalue weighted by molar-refractivity contribution is -0.192. The Morgan fingerprint density at radius 2 is 1.36 bits per heavy atom. The third-order valence-corrected chi connectivity index (χ3v) is 5.09. The van der Waals surface area contributed by atoms with Crippen molar-refractivity contribution in [3.63, 3.8) is 0 Å². The van der Waals surface area contributed by atoms with Crippen molar-refractivity contribution in [2.75, 3.05) is 16.0 Å². The fourth-order valence-electron chi connectivity index (χ4n) is 3.34. The van der Waals surface area contributed by atoms with E-state index in [1.54, 1.807) is 0 Å². The van der Waals surface area contributed by atoms with Gasteiger partial charge in [0.2, 0.25) is 11.9 Å². The lowest BCUT2D eigenvalue weighted by Crippen LogP contribution is -2.37. The number of hydrogen-bond acceptors (Lipinski definition) is 6. The van der Waals surface area contributed by atoms with E-state index in [1.807, 2.05) is 104 Å². The molecule has 0 unspecified atom stereocenters. The standard InChI is InChI=1S/C26H25N5O.C2HF3O2/c1-19-17-24(31-26(27-19)29-22-15-9-4-10-16-22)30-23(18-20-11-5-2-6-12-20)25(32)28-21-13-7-3-8-14-21;3-2(4,5)1(6)7/h2-17,23H,18H2,1H3,(H,28,32)(H2,27,29,30,31);(H,6,7)/t23-;/m0./s1. The fraction of sp³-hybridized carbons (Fsp3) is 0.143. The minimum atomic E-state index is -5.08. The van der Waals surface area contributed by atoms with E-state index in [9.17, 15) is 18.0 Å². The van der Waals surface area contributed by atoms with Gasteiger partial charge in [-0.2, -0.15) is 18.2 Å². The highest BCUT2D eigenvalue weighted by atomic mass is 19.4. The monoisotopic (exact) mass is 537 g/mol. The number of alkyl halides is 3. The number of aryl methyl sites for hydroxylation is 1. The minimum Gasteiger partial charge on any atom is -0.475 e. The van der Waals surface area contributed by atoms with Crippen LogP contribution in [-0.4, -0.2) is 39.2 Å². The summed E-state index contributed by atoms with van der Waals surface area (Å²) in [5, 5.41) is 16.6. The van der Waals surface area contributed by atoms with Crippen LogP contribution >= 0.6 is 0 Å². The van der Waals surface area contributed by atoms with Crippen LogP contribution in [0.4, 0.5) is 36.3 Å². The van der Waals surface area contributed by atoms with E-state index in [4.69, 9.17) is 9.90 Å². The van der Waals surface area contributed by atoms with Crippen molar-refractivity contribution in [2.24, 2.45) is 0 Å². The van der Waals surface area contributed by atoms with E-state index in [-0.39, 0.29) is 5.91 Å². The Hall–Kier alpha value is -4.93. The summed E-state index contributed by atoms with van der Waals surface area (Å²) < 4.78 is 31.7. The third-order valence-electron chi connectivity index (χ3n) is 5.09. The topological polar surface area (TPSA) is 116 Å². The Bertz CT molecular complexity index is 1360. The van der Waals surface area contributed by atoms with Crippen LogP contribution in [0, 0.1) is 6.92 Å². The summed E-state index contributed by atoms with van der Waals surface area (Å²) in [7, 11) is 0. The Morgan fingerprint density at radius 1 is 0.846 bits per heavy atom. The SMILES string of the molecule is Cc1cc(N[C@@H](Cc2ccccc2)C(=O)Nc2ccccc2)nc(Nc2ccccc2)n1.O=C(O)C(F)(F)F.